The minimum absolute atomic E-state index is 0.115. The highest BCUT2D eigenvalue weighted by molar-refractivity contribution is 9.11. The SMILES string of the molecule is COc1ccc(-c2nc(NS(=O)(=O)c3cc(Br)ccc3Br)sc2-c2ccc(OC)cc2)cc1. The van der Waals surface area contributed by atoms with E-state index in [4.69, 9.17) is 9.47 Å². The third kappa shape index (κ3) is 5.24. The summed E-state index contributed by atoms with van der Waals surface area (Å²) in [5.41, 5.74) is 2.40. The lowest BCUT2D eigenvalue weighted by atomic mass is 10.1. The summed E-state index contributed by atoms with van der Waals surface area (Å²) in [6.07, 6.45) is 0. The molecule has 0 unspecified atom stereocenters. The summed E-state index contributed by atoms with van der Waals surface area (Å²) >= 11 is 7.91. The number of nitrogens with zero attached hydrogens (tertiary/aromatic N) is 1. The van der Waals surface area contributed by atoms with E-state index < -0.39 is 10.0 Å². The van der Waals surface area contributed by atoms with Crippen molar-refractivity contribution < 1.29 is 17.9 Å². The Morgan fingerprint density at radius 1 is 0.848 bits per heavy atom. The number of thiazole rings is 1. The van der Waals surface area contributed by atoms with E-state index >= 15 is 0 Å². The van der Waals surface area contributed by atoms with Crippen LogP contribution in [0.15, 0.2) is 80.6 Å². The summed E-state index contributed by atoms with van der Waals surface area (Å²) < 4.78 is 40.5. The Morgan fingerprint density at radius 3 is 2.00 bits per heavy atom. The molecule has 1 heterocycles. The van der Waals surface area contributed by atoms with Gasteiger partial charge in [-0.2, -0.15) is 0 Å². The maximum atomic E-state index is 13.1. The van der Waals surface area contributed by atoms with E-state index in [1.165, 1.54) is 17.4 Å². The van der Waals surface area contributed by atoms with Crippen LogP contribution in [0.5, 0.6) is 11.5 Å². The topological polar surface area (TPSA) is 77.5 Å². The van der Waals surface area contributed by atoms with Crippen LogP contribution in [0.25, 0.3) is 21.7 Å². The number of anilines is 1. The number of hydrogen-bond acceptors (Lipinski definition) is 6. The van der Waals surface area contributed by atoms with E-state index in [-0.39, 0.29) is 10.0 Å². The Labute approximate surface area is 212 Å². The smallest absolute Gasteiger partial charge is 0.264 e. The quantitative estimate of drug-likeness (QED) is 0.249. The van der Waals surface area contributed by atoms with Crippen molar-refractivity contribution in [3.05, 3.63) is 75.7 Å². The van der Waals surface area contributed by atoms with Crippen LogP contribution in [-0.4, -0.2) is 27.6 Å². The monoisotopic (exact) mass is 608 g/mol. The summed E-state index contributed by atoms with van der Waals surface area (Å²) in [5, 5.41) is 0.263. The minimum Gasteiger partial charge on any atom is -0.497 e. The van der Waals surface area contributed by atoms with Gasteiger partial charge in [0, 0.05) is 14.5 Å². The van der Waals surface area contributed by atoms with Gasteiger partial charge in [-0.1, -0.05) is 27.3 Å². The fourth-order valence-corrected chi connectivity index (χ4v) is 6.83. The van der Waals surface area contributed by atoms with Crippen LogP contribution in [0.2, 0.25) is 0 Å². The molecule has 1 aromatic heterocycles. The van der Waals surface area contributed by atoms with Crippen LogP contribution in [0, 0.1) is 0 Å². The minimum atomic E-state index is -3.87. The highest BCUT2D eigenvalue weighted by Gasteiger charge is 2.22. The van der Waals surface area contributed by atoms with Gasteiger partial charge in [0.25, 0.3) is 10.0 Å². The fraction of sp³-hybridized carbons (Fsp3) is 0.0870. The molecule has 3 aromatic carbocycles. The number of methoxy groups -OCH3 is 2. The Hall–Kier alpha value is -2.40. The van der Waals surface area contributed by atoms with E-state index in [1.807, 2.05) is 48.5 Å². The van der Waals surface area contributed by atoms with Gasteiger partial charge in [-0.05, 0) is 88.2 Å². The normalized spacial score (nSPS) is 11.3. The molecule has 4 rings (SSSR count). The molecule has 0 saturated heterocycles. The molecule has 0 fully saturated rings. The summed E-state index contributed by atoms with van der Waals surface area (Å²) in [4.78, 5) is 5.59. The molecule has 0 atom stereocenters. The fourth-order valence-electron chi connectivity index (χ4n) is 3.10. The van der Waals surface area contributed by atoms with Crippen LogP contribution in [-0.2, 0) is 10.0 Å². The van der Waals surface area contributed by atoms with Crippen molar-refractivity contribution in [1.29, 1.82) is 0 Å². The highest BCUT2D eigenvalue weighted by Crippen LogP contribution is 2.41. The summed E-state index contributed by atoms with van der Waals surface area (Å²) in [6, 6.07) is 20.0. The summed E-state index contributed by atoms with van der Waals surface area (Å²) in [7, 11) is -0.661. The largest absolute Gasteiger partial charge is 0.497 e. The third-order valence-corrected chi connectivity index (χ3v) is 8.72. The summed E-state index contributed by atoms with van der Waals surface area (Å²) in [6.45, 7) is 0. The van der Waals surface area contributed by atoms with Crippen molar-refractivity contribution in [2.75, 3.05) is 18.9 Å². The Bertz CT molecular complexity index is 1320. The number of nitrogens with one attached hydrogen (secondary N) is 1. The number of benzene rings is 3. The first-order chi connectivity index (χ1) is 15.8. The zero-order valence-electron chi connectivity index (χ0n) is 17.5. The van der Waals surface area contributed by atoms with E-state index in [1.54, 1.807) is 26.4 Å². The molecule has 10 heteroatoms. The van der Waals surface area contributed by atoms with Crippen molar-refractivity contribution in [3.63, 3.8) is 0 Å². The molecule has 33 heavy (non-hydrogen) atoms. The lowest BCUT2D eigenvalue weighted by Crippen LogP contribution is -2.13. The van der Waals surface area contributed by atoms with E-state index in [9.17, 15) is 8.42 Å². The maximum Gasteiger partial charge on any atom is 0.264 e. The zero-order chi connectivity index (χ0) is 23.6. The average Bonchev–Trinajstić information content (AvgIpc) is 3.23. The zero-order valence-corrected chi connectivity index (χ0v) is 22.3. The van der Waals surface area contributed by atoms with E-state index in [2.05, 4.69) is 41.6 Å². The van der Waals surface area contributed by atoms with Crippen LogP contribution in [0.3, 0.4) is 0 Å². The third-order valence-electron chi connectivity index (χ3n) is 4.75. The van der Waals surface area contributed by atoms with Gasteiger partial charge in [-0.15, -0.1) is 0 Å². The Balaban J connectivity index is 1.79. The van der Waals surface area contributed by atoms with Crippen molar-refractivity contribution in [2.24, 2.45) is 0 Å². The van der Waals surface area contributed by atoms with Gasteiger partial charge >= 0.3 is 0 Å². The molecule has 0 amide bonds. The number of hydrogen-bond donors (Lipinski definition) is 1. The summed E-state index contributed by atoms with van der Waals surface area (Å²) in [5.74, 6) is 1.45. The molecule has 0 aliphatic heterocycles. The van der Waals surface area contributed by atoms with Crippen molar-refractivity contribution in [1.82, 2.24) is 4.98 Å². The van der Waals surface area contributed by atoms with Crippen LogP contribution in [0.1, 0.15) is 0 Å². The van der Waals surface area contributed by atoms with Crippen LogP contribution >= 0.6 is 43.2 Å². The van der Waals surface area contributed by atoms with Gasteiger partial charge < -0.3 is 9.47 Å². The Kier molecular flexibility index (Phi) is 7.08. The van der Waals surface area contributed by atoms with Crippen molar-refractivity contribution >= 4 is 58.4 Å². The van der Waals surface area contributed by atoms with Gasteiger partial charge in [0.1, 0.15) is 16.4 Å². The van der Waals surface area contributed by atoms with Gasteiger partial charge in [-0.3, -0.25) is 4.72 Å². The molecule has 4 aromatic rings. The van der Waals surface area contributed by atoms with Gasteiger partial charge in [0.05, 0.1) is 24.8 Å². The van der Waals surface area contributed by atoms with E-state index in [0.717, 1.165) is 27.5 Å². The second-order valence-electron chi connectivity index (χ2n) is 6.83. The lowest BCUT2D eigenvalue weighted by Gasteiger charge is -2.07. The molecule has 170 valence electrons. The number of sulfonamides is 1. The molecule has 1 N–H and O–H groups in total. The number of ether oxygens (including phenoxy) is 2. The molecule has 0 bridgehead atoms. The predicted molar refractivity (Wildman–Crippen MR) is 139 cm³/mol. The van der Waals surface area contributed by atoms with Gasteiger partial charge in [-0.25, -0.2) is 13.4 Å². The molecule has 0 saturated carbocycles. The molecular weight excluding hydrogens is 592 g/mol. The second kappa shape index (κ2) is 9.84. The lowest BCUT2D eigenvalue weighted by molar-refractivity contribution is 0.414. The Morgan fingerprint density at radius 2 is 1.42 bits per heavy atom. The first kappa shape index (κ1) is 23.7. The van der Waals surface area contributed by atoms with Crippen molar-refractivity contribution in [2.45, 2.75) is 4.90 Å². The van der Waals surface area contributed by atoms with Crippen molar-refractivity contribution in [3.8, 4) is 33.2 Å². The van der Waals surface area contributed by atoms with Crippen LogP contribution < -0.4 is 14.2 Å². The number of halogens is 2. The van der Waals surface area contributed by atoms with Crippen LogP contribution in [0.4, 0.5) is 5.13 Å². The van der Waals surface area contributed by atoms with Gasteiger partial charge in [0.15, 0.2) is 5.13 Å². The maximum absolute atomic E-state index is 13.1. The molecule has 6 nitrogen and oxygen atoms in total. The predicted octanol–water partition coefficient (Wildman–Crippen LogP) is 6.82. The second-order valence-corrected chi connectivity index (χ2v) is 11.3. The molecule has 0 spiro atoms. The van der Waals surface area contributed by atoms with Gasteiger partial charge in [0.2, 0.25) is 0 Å². The number of rotatable bonds is 7. The number of aromatic nitrogens is 1. The molecule has 0 aliphatic rings. The molecular formula is C23H18Br2N2O4S2. The first-order valence-corrected chi connectivity index (χ1v) is 13.5. The highest BCUT2D eigenvalue weighted by atomic mass is 79.9. The average molecular weight is 610 g/mol. The first-order valence-electron chi connectivity index (χ1n) is 9.58. The molecule has 0 aliphatic carbocycles. The standard InChI is InChI=1S/C23H18Br2N2O4S2/c1-30-17-8-3-14(4-9-17)21-22(15-5-10-18(31-2)11-6-15)32-23(26-21)27-33(28,29)20-13-16(24)7-12-19(20)25/h3-13H,1-2H3,(H,26,27). The molecule has 0 radical (unpaired) electrons. The van der Waals surface area contributed by atoms with E-state index in [0.29, 0.717) is 14.6 Å².